The van der Waals surface area contributed by atoms with Crippen molar-refractivity contribution in [1.82, 2.24) is 19.6 Å². The Kier molecular flexibility index (Phi) is 5.07. The SMILES string of the molecule is CC(=O)Nc1cccc(C(=O)N2C[C@H]3CN(C(=O)c4ccnn4C)C[C@@]3(CO)C2)c1. The number of hydrogen-bond donors (Lipinski definition) is 2. The molecule has 30 heavy (non-hydrogen) atoms. The van der Waals surface area contributed by atoms with Gasteiger partial charge in [-0.25, -0.2) is 0 Å². The van der Waals surface area contributed by atoms with Gasteiger partial charge in [-0.1, -0.05) is 6.07 Å². The lowest BCUT2D eigenvalue weighted by atomic mass is 9.82. The molecule has 2 aliphatic heterocycles. The zero-order valence-corrected chi connectivity index (χ0v) is 17.0. The van der Waals surface area contributed by atoms with Crippen molar-refractivity contribution in [2.24, 2.45) is 18.4 Å². The lowest BCUT2D eigenvalue weighted by Crippen LogP contribution is -2.40. The van der Waals surface area contributed by atoms with Crippen LogP contribution in [0, 0.1) is 11.3 Å². The number of aromatic nitrogens is 2. The van der Waals surface area contributed by atoms with E-state index < -0.39 is 5.41 Å². The first-order valence-electron chi connectivity index (χ1n) is 9.88. The molecule has 9 heteroatoms. The second-order valence-electron chi connectivity index (χ2n) is 8.19. The third kappa shape index (κ3) is 3.45. The zero-order valence-electron chi connectivity index (χ0n) is 17.0. The maximum absolute atomic E-state index is 13.1. The molecule has 0 unspecified atom stereocenters. The molecule has 2 saturated heterocycles. The minimum atomic E-state index is -0.529. The Morgan fingerprint density at radius 3 is 2.43 bits per heavy atom. The van der Waals surface area contributed by atoms with Gasteiger partial charge in [-0.2, -0.15) is 5.10 Å². The van der Waals surface area contributed by atoms with E-state index in [0.29, 0.717) is 43.1 Å². The smallest absolute Gasteiger partial charge is 0.272 e. The Balaban J connectivity index is 1.48. The average molecular weight is 411 g/mol. The molecule has 4 rings (SSSR count). The number of carbonyl (C=O) groups is 3. The van der Waals surface area contributed by atoms with Crippen LogP contribution in [0.2, 0.25) is 0 Å². The Morgan fingerprint density at radius 1 is 1.17 bits per heavy atom. The van der Waals surface area contributed by atoms with Crippen molar-refractivity contribution in [2.75, 3.05) is 38.1 Å². The number of rotatable bonds is 4. The van der Waals surface area contributed by atoms with Crippen molar-refractivity contribution in [3.63, 3.8) is 0 Å². The molecule has 2 aliphatic rings. The van der Waals surface area contributed by atoms with Crippen LogP contribution in [0.15, 0.2) is 36.5 Å². The summed E-state index contributed by atoms with van der Waals surface area (Å²) in [7, 11) is 1.72. The second kappa shape index (κ2) is 7.56. The number of fused-ring (bicyclic) bond motifs is 1. The van der Waals surface area contributed by atoms with E-state index in [-0.39, 0.29) is 30.2 Å². The number of likely N-dealkylation sites (tertiary alicyclic amines) is 2. The molecule has 1 aromatic heterocycles. The predicted molar refractivity (Wildman–Crippen MR) is 109 cm³/mol. The molecule has 2 N–H and O–H groups in total. The zero-order chi connectivity index (χ0) is 21.5. The van der Waals surface area contributed by atoms with Gasteiger partial charge in [-0.3, -0.25) is 19.1 Å². The molecule has 3 heterocycles. The van der Waals surface area contributed by atoms with Gasteiger partial charge in [0.1, 0.15) is 5.69 Å². The summed E-state index contributed by atoms with van der Waals surface area (Å²) in [5.41, 5.74) is 1.03. The van der Waals surface area contributed by atoms with Crippen LogP contribution >= 0.6 is 0 Å². The molecule has 0 spiro atoms. The Morgan fingerprint density at radius 2 is 1.87 bits per heavy atom. The molecule has 3 amide bonds. The quantitative estimate of drug-likeness (QED) is 0.766. The van der Waals surface area contributed by atoms with Crippen molar-refractivity contribution < 1.29 is 19.5 Å². The largest absolute Gasteiger partial charge is 0.396 e. The van der Waals surface area contributed by atoms with E-state index in [0.717, 1.165) is 0 Å². The number of hydrogen-bond acceptors (Lipinski definition) is 5. The first-order chi connectivity index (χ1) is 14.3. The van der Waals surface area contributed by atoms with Crippen LogP contribution in [0.4, 0.5) is 5.69 Å². The van der Waals surface area contributed by atoms with Crippen molar-refractivity contribution >= 4 is 23.4 Å². The summed E-state index contributed by atoms with van der Waals surface area (Å²) in [6.45, 7) is 3.06. The number of aliphatic hydroxyl groups excluding tert-OH is 1. The summed E-state index contributed by atoms with van der Waals surface area (Å²) in [4.78, 5) is 40.7. The number of aryl methyl sites for hydroxylation is 1. The summed E-state index contributed by atoms with van der Waals surface area (Å²) in [6.07, 6.45) is 1.58. The van der Waals surface area contributed by atoms with Crippen LogP contribution in [0.5, 0.6) is 0 Å². The Hall–Kier alpha value is -3.20. The lowest BCUT2D eigenvalue weighted by Gasteiger charge is -2.27. The number of aliphatic hydroxyl groups is 1. The minimum Gasteiger partial charge on any atom is -0.396 e. The van der Waals surface area contributed by atoms with Crippen LogP contribution in [0.3, 0.4) is 0 Å². The first-order valence-corrected chi connectivity index (χ1v) is 9.88. The predicted octanol–water partition coefficient (Wildman–Crippen LogP) is 0.585. The number of benzene rings is 1. The third-order valence-corrected chi connectivity index (χ3v) is 6.12. The summed E-state index contributed by atoms with van der Waals surface area (Å²) in [5, 5.41) is 16.9. The molecule has 0 aliphatic carbocycles. The molecular formula is C21H25N5O4. The first kappa shape index (κ1) is 20.1. The number of nitrogens with one attached hydrogen (secondary N) is 1. The number of carbonyl (C=O) groups excluding carboxylic acids is 3. The molecule has 9 nitrogen and oxygen atoms in total. The molecular weight excluding hydrogens is 386 g/mol. The molecule has 158 valence electrons. The molecule has 1 aromatic carbocycles. The highest BCUT2D eigenvalue weighted by molar-refractivity contribution is 5.97. The van der Waals surface area contributed by atoms with E-state index in [4.69, 9.17) is 0 Å². The van der Waals surface area contributed by atoms with Crippen LogP contribution in [-0.2, 0) is 11.8 Å². The minimum absolute atomic E-state index is 0.00200. The number of amides is 3. The fraction of sp³-hybridized carbons (Fsp3) is 0.429. The maximum atomic E-state index is 13.1. The molecule has 2 aromatic rings. The van der Waals surface area contributed by atoms with Gasteiger partial charge in [0, 0.05) is 68.9 Å². The highest BCUT2D eigenvalue weighted by Gasteiger charge is 2.54. The molecule has 0 saturated carbocycles. The van der Waals surface area contributed by atoms with E-state index in [2.05, 4.69) is 10.4 Å². The fourth-order valence-corrected chi connectivity index (χ4v) is 4.57. The maximum Gasteiger partial charge on any atom is 0.272 e. The van der Waals surface area contributed by atoms with Crippen LogP contribution in [0.25, 0.3) is 0 Å². The number of anilines is 1. The van der Waals surface area contributed by atoms with Crippen LogP contribution < -0.4 is 5.32 Å². The van der Waals surface area contributed by atoms with Crippen molar-refractivity contribution in [2.45, 2.75) is 6.92 Å². The molecule has 2 atom stereocenters. The van der Waals surface area contributed by atoms with Gasteiger partial charge >= 0.3 is 0 Å². The Labute approximate surface area is 174 Å². The van der Waals surface area contributed by atoms with E-state index in [1.165, 1.54) is 6.92 Å². The van der Waals surface area contributed by atoms with Gasteiger partial charge in [0.2, 0.25) is 5.91 Å². The molecule has 0 radical (unpaired) electrons. The van der Waals surface area contributed by atoms with Gasteiger partial charge in [-0.05, 0) is 24.3 Å². The molecule has 0 bridgehead atoms. The van der Waals surface area contributed by atoms with E-state index in [1.807, 2.05) is 0 Å². The van der Waals surface area contributed by atoms with Crippen molar-refractivity contribution in [1.29, 1.82) is 0 Å². The van der Waals surface area contributed by atoms with Gasteiger partial charge in [-0.15, -0.1) is 0 Å². The Bertz CT molecular complexity index is 1000. The summed E-state index contributed by atoms with van der Waals surface area (Å²) in [5.74, 6) is -0.457. The summed E-state index contributed by atoms with van der Waals surface area (Å²) < 4.78 is 1.54. The van der Waals surface area contributed by atoms with Gasteiger partial charge in [0.05, 0.1) is 6.61 Å². The van der Waals surface area contributed by atoms with Crippen molar-refractivity contribution in [3.8, 4) is 0 Å². The van der Waals surface area contributed by atoms with Crippen molar-refractivity contribution in [3.05, 3.63) is 47.8 Å². The topological polar surface area (TPSA) is 108 Å². The third-order valence-electron chi connectivity index (χ3n) is 6.12. The normalized spacial score (nSPS) is 22.8. The van der Waals surface area contributed by atoms with Gasteiger partial charge < -0.3 is 20.2 Å². The van der Waals surface area contributed by atoms with Gasteiger partial charge in [0.25, 0.3) is 11.8 Å². The monoisotopic (exact) mass is 411 g/mol. The van der Waals surface area contributed by atoms with Crippen LogP contribution in [0.1, 0.15) is 27.8 Å². The lowest BCUT2D eigenvalue weighted by molar-refractivity contribution is -0.114. The fourth-order valence-electron chi connectivity index (χ4n) is 4.57. The van der Waals surface area contributed by atoms with Gasteiger partial charge in [0.15, 0.2) is 0 Å². The highest BCUT2D eigenvalue weighted by Crippen LogP contribution is 2.43. The highest BCUT2D eigenvalue weighted by atomic mass is 16.3. The van der Waals surface area contributed by atoms with Crippen LogP contribution in [-0.4, -0.2) is 75.2 Å². The van der Waals surface area contributed by atoms with E-state index in [1.54, 1.807) is 58.1 Å². The molecule has 2 fully saturated rings. The number of nitrogens with zero attached hydrogens (tertiary/aromatic N) is 4. The standard InChI is InChI=1S/C21H25N5O4/c1-14(28)23-17-5-3-4-15(8-17)19(29)25-9-16-10-26(12-21(16,11-25)13-27)20(30)18-6-7-22-24(18)2/h3-8,16,27H,9-13H2,1-2H3,(H,23,28)/t16-,21+/m0/s1. The summed E-state index contributed by atoms with van der Waals surface area (Å²) in [6, 6.07) is 8.51. The second-order valence-corrected chi connectivity index (χ2v) is 8.19. The van der Waals surface area contributed by atoms with E-state index >= 15 is 0 Å². The van der Waals surface area contributed by atoms with E-state index in [9.17, 15) is 19.5 Å². The summed E-state index contributed by atoms with van der Waals surface area (Å²) >= 11 is 0. The average Bonchev–Trinajstić information content (AvgIpc) is 3.38.